The summed E-state index contributed by atoms with van der Waals surface area (Å²) < 4.78 is 0. The molecule has 0 radical (unpaired) electrons. The van der Waals surface area contributed by atoms with Crippen LogP contribution in [0.5, 0.6) is 0 Å². The lowest BCUT2D eigenvalue weighted by Crippen LogP contribution is -1.82. The van der Waals surface area contributed by atoms with Crippen LogP contribution in [0.3, 0.4) is 0 Å². The maximum absolute atomic E-state index is 8.93. The summed E-state index contributed by atoms with van der Waals surface area (Å²) in [5.41, 5.74) is 2.80. The molecule has 0 bridgehead atoms. The highest BCUT2D eigenvalue weighted by molar-refractivity contribution is 5.70. The molecule has 0 N–H and O–H groups in total. The Morgan fingerprint density at radius 2 is 1.38 bits per heavy atom. The van der Waals surface area contributed by atoms with Gasteiger partial charge in [-0.1, -0.05) is 48.5 Å². The van der Waals surface area contributed by atoms with Gasteiger partial charge in [-0.15, -0.1) is 13.2 Å². The van der Waals surface area contributed by atoms with Gasteiger partial charge in [-0.25, -0.2) is 0 Å². The van der Waals surface area contributed by atoms with E-state index >= 15 is 0 Å². The average Bonchev–Trinajstić information content (AvgIpc) is 2.42. The second-order valence-corrected chi connectivity index (χ2v) is 3.02. The van der Waals surface area contributed by atoms with Crippen LogP contribution in [-0.2, 0) is 0 Å². The third-order valence-corrected chi connectivity index (χ3v) is 2.13. The first kappa shape index (κ1) is 11.7. The molecule has 0 aromatic heterocycles. The molecule has 0 amide bonds. The van der Waals surface area contributed by atoms with Crippen molar-refractivity contribution in [3.63, 3.8) is 0 Å². The topological polar surface area (TPSA) is 23.8 Å². The molecule has 0 aliphatic heterocycles. The van der Waals surface area contributed by atoms with Gasteiger partial charge in [-0.3, -0.25) is 0 Å². The van der Waals surface area contributed by atoms with Gasteiger partial charge in [0.15, 0.2) is 0 Å². The third kappa shape index (κ3) is 2.59. The molecule has 16 heavy (non-hydrogen) atoms. The van der Waals surface area contributed by atoms with Gasteiger partial charge in [0.1, 0.15) is 0 Å². The van der Waals surface area contributed by atoms with E-state index in [0.29, 0.717) is 0 Å². The third-order valence-electron chi connectivity index (χ3n) is 2.13. The molecule has 2 rings (SSSR count). The molecule has 0 aliphatic rings. The summed E-state index contributed by atoms with van der Waals surface area (Å²) >= 11 is 0. The Morgan fingerprint density at radius 1 is 0.812 bits per heavy atom. The summed E-state index contributed by atoms with van der Waals surface area (Å²) in [7, 11) is 0. The monoisotopic (exact) mass is 207 g/mol. The van der Waals surface area contributed by atoms with Gasteiger partial charge in [-0.2, -0.15) is 5.26 Å². The fraction of sp³-hybridized carbons (Fsp3) is 0. The first-order valence-electron chi connectivity index (χ1n) is 4.96. The van der Waals surface area contributed by atoms with Crippen molar-refractivity contribution in [1.82, 2.24) is 0 Å². The minimum absolute atomic E-state index is 0.721. The zero-order chi connectivity index (χ0) is 11.8. The fourth-order valence-corrected chi connectivity index (χ4v) is 1.45. The molecule has 0 fully saturated rings. The minimum atomic E-state index is 0.721. The molecule has 0 saturated carbocycles. The second-order valence-electron chi connectivity index (χ2n) is 3.02. The van der Waals surface area contributed by atoms with Crippen molar-refractivity contribution in [3.8, 4) is 17.2 Å². The SMILES string of the molecule is C=C.N#Cc1ccccc1-c1ccccc1. The van der Waals surface area contributed by atoms with E-state index in [2.05, 4.69) is 19.2 Å². The number of hydrogen-bond acceptors (Lipinski definition) is 1. The molecule has 78 valence electrons. The Kier molecular flexibility index (Phi) is 4.56. The second kappa shape index (κ2) is 6.21. The largest absolute Gasteiger partial charge is 0.192 e. The Bertz CT molecular complexity index is 480. The van der Waals surface area contributed by atoms with E-state index < -0.39 is 0 Å². The van der Waals surface area contributed by atoms with Crippen molar-refractivity contribution in [2.45, 2.75) is 0 Å². The number of benzene rings is 2. The zero-order valence-electron chi connectivity index (χ0n) is 9.06. The summed E-state index contributed by atoms with van der Waals surface area (Å²) in [5.74, 6) is 0. The van der Waals surface area contributed by atoms with Gasteiger partial charge in [0.05, 0.1) is 11.6 Å². The average molecular weight is 207 g/mol. The minimum Gasteiger partial charge on any atom is -0.192 e. The summed E-state index contributed by atoms with van der Waals surface area (Å²) in [5, 5.41) is 8.93. The molecule has 1 heteroatoms. The molecule has 0 saturated heterocycles. The van der Waals surface area contributed by atoms with Crippen LogP contribution in [0.25, 0.3) is 11.1 Å². The van der Waals surface area contributed by atoms with Crippen LogP contribution in [-0.4, -0.2) is 0 Å². The number of rotatable bonds is 1. The van der Waals surface area contributed by atoms with Gasteiger partial charge in [0.25, 0.3) is 0 Å². The van der Waals surface area contributed by atoms with Crippen molar-refractivity contribution >= 4 is 0 Å². The smallest absolute Gasteiger partial charge is 0.0998 e. The van der Waals surface area contributed by atoms with Gasteiger partial charge in [0, 0.05) is 0 Å². The van der Waals surface area contributed by atoms with Crippen LogP contribution < -0.4 is 0 Å². The van der Waals surface area contributed by atoms with Crippen LogP contribution in [0.1, 0.15) is 5.56 Å². The fourth-order valence-electron chi connectivity index (χ4n) is 1.45. The van der Waals surface area contributed by atoms with E-state index in [4.69, 9.17) is 5.26 Å². The van der Waals surface area contributed by atoms with E-state index in [0.717, 1.165) is 16.7 Å². The molecule has 0 spiro atoms. The standard InChI is InChI=1S/C13H9N.C2H4/c14-10-12-8-4-5-9-13(12)11-6-2-1-3-7-11;1-2/h1-9H;1-2H2. The van der Waals surface area contributed by atoms with Crippen molar-refractivity contribution in [3.05, 3.63) is 73.3 Å². The highest BCUT2D eigenvalue weighted by Gasteiger charge is 2.01. The summed E-state index contributed by atoms with van der Waals surface area (Å²) in [6, 6.07) is 19.8. The lowest BCUT2D eigenvalue weighted by atomic mass is 10.0. The summed E-state index contributed by atoms with van der Waals surface area (Å²) in [6.07, 6.45) is 0. The van der Waals surface area contributed by atoms with Gasteiger partial charge in [0.2, 0.25) is 0 Å². The highest BCUT2D eigenvalue weighted by atomic mass is 14.2. The first-order valence-corrected chi connectivity index (χ1v) is 4.96. The lowest BCUT2D eigenvalue weighted by molar-refractivity contribution is 1.48. The molecule has 0 heterocycles. The van der Waals surface area contributed by atoms with Crippen LogP contribution in [0.2, 0.25) is 0 Å². The lowest BCUT2D eigenvalue weighted by Gasteiger charge is -2.02. The summed E-state index contributed by atoms with van der Waals surface area (Å²) in [4.78, 5) is 0. The number of hydrogen-bond donors (Lipinski definition) is 0. The van der Waals surface area contributed by atoms with E-state index in [1.807, 2.05) is 54.6 Å². The predicted molar refractivity (Wildman–Crippen MR) is 67.8 cm³/mol. The Hall–Kier alpha value is -2.33. The first-order chi connectivity index (χ1) is 7.92. The van der Waals surface area contributed by atoms with Crippen molar-refractivity contribution in [2.75, 3.05) is 0 Å². The van der Waals surface area contributed by atoms with E-state index in [-0.39, 0.29) is 0 Å². The Labute approximate surface area is 96.3 Å². The van der Waals surface area contributed by atoms with Gasteiger partial charge < -0.3 is 0 Å². The molecule has 1 nitrogen and oxygen atoms in total. The van der Waals surface area contributed by atoms with Crippen LogP contribution in [0.15, 0.2) is 67.8 Å². The normalized spacial score (nSPS) is 8.44. The van der Waals surface area contributed by atoms with Gasteiger partial charge in [-0.05, 0) is 17.2 Å². The van der Waals surface area contributed by atoms with E-state index in [9.17, 15) is 0 Å². The van der Waals surface area contributed by atoms with Crippen LogP contribution >= 0.6 is 0 Å². The molecule has 2 aromatic carbocycles. The molecule has 0 aliphatic carbocycles. The van der Waals surface area contributed by atoms with Crippen molar-refractivity contribution < 1.29 is 0 Å². The van der Waals surface area contributed by atoms with Crippen molar-refractivity contribution in [1.29, 1.82) is 5.26 Å². The number of nitrogens with zero attached hydrogens (tertiary/aromatic N) is 1. The molecule has 0 unspecified atom stereocenters. The van der Waals surface area contributed by atoms with E-state index in [1.54, 1.807) is 0 Å². The van der Waals surface area contributed by atoms with Gasteiger partial charge >= 0.3 is 0 Å². The molecular formula is C15H13N. The van der Waals surface area contributed by atoms with Crippen LogP contribution in [0, 0.1) is 11.3 Å². The van der Waals surface area contributed by atoms with Crippen LogP contribution in [0.4, 0.5) is 0 Å². The summed E-state index contributed by atoms with van der Waals surface area (Å²) in [6.45, 7) is 6.00. The zero-order valence-corrected chi connectivity index (χ0v) is 9.06. The maximum Gasteiger partial charge on any atom is 0.0998 e. The molecular weight excluding hydrogens is 194 g/mol. The molecule has 2 aromatic rings. The Morgan fingerprint density at radius 3 is 2.00 bits per heavy atom. The highest BCUT2D eigenvalue weighted by Crippen LogP contribution is 2.22. The maximum atomic E-state index is 8.93. The quantitative estimate of drug-likeness (QED) is 0.648. The Balaban J connectivity index is 0.000000606. The molecule has 0 atom stereocenters. The predicted octanol–water partition coefficient (Wildman–Crippen LogP) is 4.03. The van der Waals surface area contributed by atoms with E-state index in [1.165, 1.54) is 0 Å². The van der Waals surface area contributed by atoms with Crippen molar-refractivity contribution in [2.24, 2.45) is 0 Å². The number of nitriles is 1.